The first kappa shape index (κ1) is 21.4. The fourth-order valence-corrected chi connectivity index (χ4v) is 2.71. The van der Waals surface area contributed by atoms with Gasteiger partial charge in [-0.15, -0.1) is 24.0 Å². The van der Waals surface area contributed by atoms with Crippen LogP contribution in [0.15, 0.2) is 52.2 Å². The van der Waals surface area contributed by atoms with Crippen LogP contribution in [0.5, 0.6) is 0 Å². The third-order valence-electron chi connectivity index (χ3n) is 4.05. The van der Waals surface area contributed by atoms with E-state index in [9.17, 15) is 0 Å². The molecule has 0 aliphatic heterocycles. The van der Waals surface area contributed by atoms with Crippen LogP contribution in [0.3, 0.4) is 0 Å². The van der Waals surface area contributed by atoms with Gasteiger partial charge in [0.05, 0.1) is 12.6 Å². The zero-order valence-electron chi connectivity index (χ0n) is 15.1. The van der Waals surface area contributed by atoms with Gasteiger partial charge in [-0.1, -0.05) is 49.3 Å². The van der Waals surface area contributed by atoms with Gasteiger partial charge in [-0.25, -0.2) is 0 Å². The molecular weight excluding hydrogens is 429 g/mol. The third-order valence-corrected chi connectivity index (χ3v) is 4.05. The molecule has 0 aliphatic rings. The average Bonchev–Trinajstić information content (AvgIpc) is 3.15. The fourth-order valence-electron chi connectivity index (χ4n) is 2.71. The van der Waals surface area contributed by atoms with Crippen molar-refractivity contribution >= 4 is 29.9 Å². The molecule has 6 nitrogen and oxygen atoms in total. The largest absolute Gasteiger partial charge is 0.364 e. The Kier molecular flexibility index (Phi) is 10.2. The van der Waals surface area contributed by atoms with Crippen LogP contribution in [0.4, 0.5) is 0 Å². The standard InChI is InChI=1S/C18H27N5O.HI/c1-4-23(5-2)17(15-9-7-6-8-10-15)14-21-18(19-3)20-13-16-11-12-24-22-16;/h6-12,17H,4-5,13-14H2,1-3H3,(H2,19,20,21);1H. The minimum Gasteiger partial charge on any atom is -0.364 e. The van der Waals surface area contributed by atoms with Crippen molar-refractivity contribution < 1.29 is 4.52 Å². The summed E-state index contributed by atoms with van der Waals surface area (Å²) in [7, 11) is 1.77. The van der Waals surface area contributed by atoms with E-state index >= 15 is 0 Å². The SMILES string of the molecule is CCN(CC)C(CNC(=NC)NCc1ccon1)c1ccccc1.I. The molecule has 0 fully saturated rings. The number of halogens is 1. The van der Waals surface area contributed by atoms with Gasteiger partial charge in [-0.2, -0.15) is 0 Å². The first-order valence-electron chi connectivity index (χ1n) is 8.41. The molecule has 0 bridgehead atoms. The van der Waals surface area contributed by atoms with Gasteiger partial charge in [0.15, 0.2) is 5.96 Å². The molecule has 0 spiro atoms. The number of aromatic nitrogens is 1. The monoisotopic (exact) mass is 457 g/mol. The Morgan fingerprint density at radius 1 is 1.16 bits per heavy atom. The zero-order chi connectivity index (χ0) is 17.2. The lowest BCUT2D eigenvalue weighted by Gasteiger charge is -2.30. The van der Waals surface area contributed by atoms with Crippen LogP contribution in [-0.4, -0.2) is 42.7 Å². The number of benzene rings is 1. The Bertz CT molecular complexity index is 599. The van der Waals surface area contributed by atoms with E-state index < -0.39 is 0 Å². The summed E-state index contributed by atoms with van der Waals surface area (Å²) in [6, 6.07) is 12.7. The minimum absolute atomic E-state index is 0. The molecule has 1 aromatic carbocycles. The second-order valence-corrected chi connectivity index (χ2v) is 5.45. The summed E-state index contributed by atoms with van der Waals surface area (Å²) < 4.78 is 4.84. The number of aliphatic imine (C=N–C) groups is 1. The molecule has 0 saturated heterocycles. The number of hydrogen-bond acceptors (Lipinski definition) is 4. The van der Waals surface area contributed by atoms with Gasteiger partial charge in [0.1, 0.15) is 12.0 Å². The summed E-state index contributed by atoms with van der Waals surface area (Å²) in [5, 5.41) is 10.6. The van der Waals surface area contributed by atoms with Crippen LogP contribution in [0.25, 0.3) is 0 Å². The van der Waals surface area contributed by atoms with E-state index in [-0.39, 0.29) is 24.0 Å². The van der Waals surface area contributed by atoms with Crippen LogP contribution in [0.1, 0.15) is 31.1 Å². The van der Waals surface area contributed by atoms with E-state index in [4.69, 9.17) is 4.52 Å². The molecule has 0 saturated carbocycles. The maximum atomic E-state index is 4.84. The molecule has 0 radical (unpaired) electrons. The van der Waals surface area contributed by atoms with Crippen molar-refractivity contribution in [1.29, 1.82) is 0 Å². The molecule has 0 amide bonds. The third kappa shape index (κ3) is 6.66. The Balaban J connectivity index is 0.00000312. The summed E-state index contributed by atoms with van der Waals surface area (Å²) in [6.07, 6.45) is 1.57. The molecule has 1 unspecified atom stereocenters. The molecule has 0 aliphatic carbocycles. The van der Waals surface area contributed by atoms with E-state index in [2.05, 4.69) is 69.9 Å². The summed E-state index contributed by atoms with van der Waals surface area (Å²) in [5.74, 6) is 0.756. The first-order chi connectivity index (χ1) is 11.8. The summed E-state index contributed by atoms with van der Waals surface area (Å²) >= 11 is 0. The number of nitrogens with one attached hydrogen (secondary N) is 2. The average molecular weight is 457 g/mol. The van der Waals surface area contributed by atoms with E-state index in [1.54, 1.807) is 13.3 Å². The topological polar surface area (TPSA) is 65.7 Å². The van der Waals surface area contributed by atoms with Crippen LogP contribution in [-0.2, 0) is 6.54 Å². The molecule has 2 aromatic rings. The maximum absolute atomic E-state index is 4.84. The highest BCUT2D eigenvalue weighted by Crippen LogP contribution is 2.19. The van der Waals surface area contributed by atoms with Gasteiger partial charge in [0, 0.05) is 19.7 Å². The Labute approximate surface area is 167 Å². The van der Waals surface area contributed by atoms with E-state index in [0.717, 1.165) is 31.3 Å². The number of rotatable bonds is 8. The van der Waals surface area contributed by atoms with Crippen molar-refractivity contribution in [3.05, 3.63) is 53.9 Å². The van der Waals surface area contributed by atoms with Crippen LogP contribution in [0.2, 0.25) is 0 Å². The molecule has 1 atom stereocenters. The van der Waals surface area contributed by atoms with Crippen molar-refractivity contribution in [2.75, 3.05) is 26.7 Å². The molecule has 1 aromatic heterocycles. The summed E-state index contributed by atoms with van der Waals surface area (Å²) in [4.78, 5) is 6.72. The van der Waals surface area contributed by atoms with E-state index in [0.29, 0.717) is 12.6 Å². The van der Waals surface area contributed by atoms with Crippen molar-refractivity contribution in [1.82, 2.24) is 20.7 Å². The quantitative estimate of drug-likeness (QED) is 0.363. The van der Waals surface area contributed by atoms with Crippen LogP contribution >= 0.6 is 24.0 Å². The summed E-state index contributed by atoms with van der Waals surface area (Å²) in [5.41, 5.74) is 2.15. The maximum Gasteiger partial charge on any atom is 0.191 e. The number of guanidine groups is 1. The van der Waals surface area contributed by atoms with E-state index in [1.807, 2.05) is 6.07 Å². The zero-order valence-corrected chi connectivity index (χ0v) is 17.4. The molecule has 2 rings (SSSR count). The highest BCUT2D eigenvalue weighted by atomic mass is 127. The van der Waals surface area contributed by atoms with Crippen molar-refractivity contribution in [3.63, 3.8) is 0 Å². The predicted molar refractivity (Wildman–Crippen MR) is 112 cm³/mol. The van der Waals surface area contributed by atoms with Crippen molar-refractivity contribution in [2.24, 2.45) is 4.99 Å². The predicted octanol–water partition coefficient (Wildman–Crippen LogP) is 3.04. The molecule has 2 N–H and O–H groups in total. The van der Waals surface area contributed by atoms with Gasteiger partial charge in [0.25, 0.3) is 0 Å². The second kappa shape index (κ2) is 11.9. The van der Waals surface area contributed by atoms with E-state index in [1.165, 1.54) is 5.56 Å². The molecule has 1 heterocycles. The lowest BCUT2D eigenvalue weighted by molar-refractivity contribution is 0.219. The van der Waals surface area contributed by atoms with Gasteiger partial charge in [0.2, 0.25) is 0 Å². The Morgan fingerprint density at radius 2 is 1.88 bits per heavy atom. The Morgan fingerprint density at radius 3 is 2.44 bits per heavy atom. The fraction of sp³-hybridized carbons (Fsp3) is 0.444. The van der Waals surface area contributed by atoms with Gasteiger partial charge in [-0.05, 0) is 18.7 Å². The van der Waals surface area contributed by atoms with Gasteiger partial charge >= 0.3 is 0 Å². The molecule has 25 heavy (non-hydrogen) atoms. The van der Waals surface area contributed by atoms with Gasteiger partial charge in [-0.3, -0.25) is 9.89 Å². The lowest BCUT2D eigenvalue weighted by Crippen LogP contribution is -2.43. The van der Waals surface area contributed by atoms with Crippen molar-refractivity contribution in [3.8, 4) is 0 Å². The number of hydrogen-bond donors (Lipinski definition) is 2. The van der Waals surface area contributed by atoms with Crippen molar-refractivity contribution in [2.45, 2.75) is 26.4 Å². The number of nitrogens with zero attached hydrogens (tertiary/aromatic N) is 3. The van der Waals surface area contributed by atoms with Crippen LogP contribution < -0.4 is 10.6 Å². The molecular formula is C18H28IN5O. The normalized spacial score (nSPS) is 12.6. The first-order valence-corrected chi connectivity index (χ1v) is 8.41. The second-order valence-electron chi connectivity index (χ2n) is 5.45. The van der Waals surface area contributed by atoms with Gasteiger partial charge < -0.3 is 15.2 Å². The lowest BCUT2D eigenvalue weighted by atomic mass is 10.1. The molecule has 7 heteroatoms. The smallest absolute Gasteiger partial charge is 0.191 e. The number of likely N-dealkylation sites (N-methyl/N-ethyl adjacent to an activating group) is 1. The highest BCUT2D eigenvalue weighted by molar-refractivity contribution is 14.0. The minimum atomic E-state index is 0. The molecule has 138 valence electrons. The highest BCUT2D eigenvalue weighted by Gasteiger charge is 2.18. The Hall–Kier alpha value is -1.61. The summed E-state index contributed by atoms with van der Waals surface area (Å²) in [6.45, 7) is 7.75. The van der Waals surface area contributed by atoms with Crippen LogP contribution in [0, 0.1) is 0 Å².